The average molecular weight is 370 g/mol. The maximum Gasteiger partial charge on any atom is 0.276 e. The minimum Gasteiger partial charge on any atom is -0.337 e. The zero-order valence-corrected chi connectivity index (χ0v) is 16.9. The molecule has 6 heteroatoms. The van der Waals surface area contributed by atoms with Crippen molar-refractivity contribution in [1.82, 2.24) is 19.9 Å². The van der Waals surface area contributed by atoms with E-state index in [1.807, 2.05) is 21.7 Å². The van der Waals surface area contributed by atoms with Crippen molar-refractivity contribution in [3.05, 3.63) is 41.2 Å². The monoisotopic (exact) mass is 369 g/mol. The molecule has 1 atom stereocenters. The molecule has 1 amide bonds. The maximum absolute atomic E-state index is 13.1. The van der Waals surface area contributed by atoms with Gasteiger partial charge in [0.05, 0.1) is 11.4 Å². The van der Waals surface area contributed by atoms with Gasteiger partial charge in [0, 0.05) is 13.1 Å². The Bertz CT molecular complexity index is 813. The van der Waals surface area contributed by atoms with E-state index in [9.17, 15) is 4.79 Å². The third-order valence-corrected chi connectivity index (χ3v) is 5.57. The van der Waals surface area contributed by atoms with Crippen LogP contribution in [0.4, 0.5) is 0 Å². The van der Waals surface area contributed by atoms with Crippen molar-refractivity contribution in [2.75, 3.05) is 19.6 Å². The third kappa shape index (κ3) is 3.90. The predicted molar refractivity (Wildman–Crippen MR) is 107 cm³/mol. The molecule has 1 aromatic carbocycles. The first-order chi connectivity index (χ1) is 12.9. The first-order valence-electron chi connectivity index (χ1n) is 9.93. The van der Waals surface area contributed by atoms with Crippen molar-refractivity contribution >= 4 is 5.91 Å². The summed E-state index contributed by atoms with van der Waals surface area (Å²) in [7, 11) is 0. The fraction of sp³-hybridized carbons (Fsp3) is 0.571. The van der Waals surface area contributed by atoms with Crippen LogP contribution in [0, 0.1) is 5.41 Å². The highest BCUT2D eigenvalue weighted by atomic mass is 16.2. The molecule has 0 radical (unpaired) electrons. The number of carbonyl (C=O) groups is 1. The molecule has 1 aliphatic rings. The number of hydrogen-bond acceptors (Lipinski definition) is 4. The molecule has 0 saturated carbocycles. The minimum atomic E-state index is -0.0260. The fourth-order valence-electron chi connectivity index (χ4n) is 3.67. The highest BCUT2D eigenvalue weighted by molar-refractivity contribution is 5.93. The lowest BCUT2D eigenvalue weighted by Gasteiger charge is -2.22. The van der Waals surface area contributed by atoms with Crippen molar-refractivity contribution in [2.24, 2.45) is 11.1 Å². The molecular formula is C21H31N5O. The third-order valence-electron chi connectivity index (χ3n) is 5.57. The van der Waals surface area contributed by atoms with Crippen LogP contribution in [-0.4, -0.2) is 45.4 Å². The zero-order chi connectivity index (χ0) is 19.6. The summed E-state index contributed by atoms with van der Waals surface area (Å²) >= 11 is 0. The van der Waals surface area contributed by atoms with Crippen molar-refractivity contribution < 1.29 is 4.79 Å². The summed E-state index contributed by atoms with van der Waals surface area (Å²) in [4.78, 5) is 15.0. The van der Waals surface area contributed by atoms with E-state index in [0.717, 1.165) is 37.2 Å². The Morgan fingerprint density at radius 1 is 1.37 bits per heavy atom. The molecule has 0 aliphatic carbocycles. The average Bonchev–Trinajstić information content (AvgIpc) is 3.26. The van der Waals surface area contributed by atoms with Gasteiger partial charge in [-0.3, -0.25) is 4.79 Å². The van der Waals surface area contributed by atoms with Crippen LogP contribution in [0.3, 0.4) is 0 Å². The van der Waals surface area contributed by atoms with Gasteiger partial charge in [0.15, 0.2) is 5.69 Å². The molecule has 2 aromatic rings. The summed E-state index contributed by atoms with van der Waals surface area (Å²) in [6.07, 6.45) is 2.63. The Kier molecular flexibility index (Phi) is 5.65. The molecule has 0 spiro atoms. The van der Waals surface area contributed by atoms with Gasteiger partial charge in [0.25, 0.3) is 5.91 Å². The summed E-state index contributed by atoms with van der Waals surface area (Å²) in [5.74, 6) is 0.407. The van der Waals surface area contributed by atoms with Crippen molar-refractivity contribution in [1.29, 1.82) is 0 Å². The normalized spacial score (nSPS) is 19.9. The number of carbonyl (C=O) groups excluding carboxylic acids is 1. The van der Waals surface area contributed by atoms with Gasteiger partial charge in [-0.25, -0.2) is 4.68 Å². The lowest BCUT2D eigenvalue weighted by atomic mass is 9.90. The molecule has 146 valence electrons. The van der Waals surface area contributed by atoms with Crippen molar-refractivity contribution in [3.8, 4) is 5.69 Å². The second-order valence-electron chi connectivity index (χ2n) is 8.29. The summed E-state index contributed by atoms with van der Waals surface area (Å²) < 4.78 is 1.83. The molecule has 1 unspecified atom stereocenters. The number of amides is 1. The van der Waals surface area contributed by atoms with Crippen LogP contribution in [0.2, 0.25) is 0 Å². The van der Waals surface area contributed by atoms with E-state index >= 15 is 0 Å². The minimum absolute atomic E-state index is 0.00215. The Balaban J connectivity index is 1.94. The first kappa shape index (κ1) is 19.5. The van der Waals surface area contributed by atoms with Crippen LogP contribution >= 0.6 is 0 Å². The van der Waals surface area contributed by atoms with Crippen LogP contribution in [0.25, 0.3) is 5.69 Å². The fourth-order valence-corrected chi connectivity index (χ4v) is 3.67. The number of aromatic nitrogens is 3. The number of rotatable bonds is 6. The largest absolute Gasteiger partial charge is 0.337 e. The van der Waals surface area contributed by atoms with E-state index in [4.69, 9.17) is 5.73 Å². The number of likely N-dealkylation sites (tertiary alicyclic amines) is 1. The van der Waals surface area contributed by atoms with Crippen LogP contribution in [0.5, 0.6) is 0 Å². The molecular weight excluding hydrogens is 338 g/mol. The maximum atomic E-state index is 13.1. The number of nitrogens with two attached hydrogens (primary N) is 1. The lowest BCUT2D eigenvalue weighted by molar-refractivity contribution is 0.0770. The van der Waals surface area contributed by atoms with Gasteiger partial charge in [-0.05, 0) is 48.4 Å². The molecule has 1 saturated heterocycles. The Morgan fingerprint density at radius 3 is 2.78 bits per heavy atom. The highest BCUT2D eigenvalue weighted by Gasteiger charge is 2.37. The number of benzene rings is 1. The molecule has 2 N–H and O–H groups in total. The van der Waals surface area contributed by atoms with Gasteiger partial charge in [-0.1, -0.05) is 51.5 Å². The number of nitrogens with zero attached hydrogens (tertiary/aromatic N) is 4. The molecule has 1 fully saturated rings. The summed E-state index contributed by atoms with van der Waals surface area (Å²) in [5.41, 5.74) is 9.48. The molecule has 3 rings (SSSR count). The van der Waals surface area contributed by atoms with Gasteiger partial charge >= 0.3 is 0 Å². The van der Waals surface area contributed by atoms with E-state index in [1.54, 1.807) is 0 Å². The van der Waals surface area contributed by atoms with E-state index in [2.05, 4.69) is 50.1 Å². The summed E-state index contributed by atoms with van der Waals surface area (Å²) in [5, 5.41) is 8.64. The van der Waals surface area contributed by atoms with Crippen molar-refractivity contribution in [3.63, 3.8) is 0 Å². The van der Waals surface area contributed by atoms with Gasteiger partial charge < -0.3 is 10.6 Å². The molecule has 6 nitrogen and oxygen atoms in total. The van der Waals surface area contributed by atoms with E-state index in [1.165, 1.54) is 5.56 Å². The van der Waals surface area contributed by atoms with Crippen LogP contribution in [-0.2, 0) is 6.42 Å². The highest BCUT2D eigenvalue weighted by Crippen LogP contribution is 2.30. The van der Waals surface area contributed by atoms with Crippen molar-refractivity contribution in [2.45, 2.75) is 52.9 Å². The quantitative estimate of drug-likeness (QED) is 0.848. The topological polar surface area (TPSA) is 77.0 Å². The Morgan fingerprint density at radius 2 is 2.15 bits per heavy atom. The Labute approximate surface area is 161 Å². The molecule has 0 bridgehead atoms. The van der Waals surface area contributed by atoms with Crippen LogP contribution in [0.15, 0.2) is 24.3 Å². The van der Waals surface area contributed by atoms with Gasteiger partial charge in [0.1, 0.15) is 0 Å². The van der Waals surface area contributed by atoms with Gasteiger partial charge in [-0.15, -0.1) is 5.10 Å². The second-order valence-corrected chi connectivity index (χ2v) is 8.29. The summed E-state index contributed by atoms with van der Waals surface area (Å²) in [6, 6.07) is 8.31. The summed E-state index contributed by atoms with van der Waals surface area (Å²) in [6.45, 7) is 10.6. The first-order valence-corrected chi connectivity index (χ1v) is 9.93. The standard InChI is InChI=1S/C21H31N5O/c1-5-7-18-19(20(27)25-11-10-21(4,13-22)14-25)23-24-26(18)17-9-6-8-16(12-17)15(2)3/h6,8-9,12,15H,5,7,10-11,13-14,22H2,1-4H3. The lowest BCUT2D eigenvalue weighted by Crippen LogP contribution is -2.35. The van der Waals surface area contributed by atoms with E-state index in [0.29, 0.717) is 24.7 Å². The van der Waals surface area contributed by atoms with Gasteiger partial charge in [-0.2, -0.15) is 0 Å². The zero-order valence-electron chi connectivity index (χ0n) is 16.9. The molecule has 1 aromatic heterocycles. The number of hydrogen-bond donors (Lipinski definition) is 1. The molecule has 1 aliphatic heterocycles. The Hall–Kier alpha value is -2.21. The smallest absolute Gasteiger partial charge is 0.276 e. The predicted octanol–water partition coefficient (Wildman–Crippen LogP) is 3.15. The van der Waals surface area contributed by atoms with Gasteiger partial charge in [0.2, 0.25) is 0 Å². The van der Waals surface area contributed by atoms with Crippen LogP contribution < -0.4 is 5.73 Å². The van der Waals surface area contributed by atoms with E-state index in [-0.39, 0.29) is 11.3 Å². The second kappa shape index (κ2) is 7.80. The van der Waals surface area contributed by atoms with E-state index < -0.39 is 0 Å². The molecule has 27 heavy (non-hydrogen) atoms. The molecule has 2 heterocycles. The van der Waals surface area contributed by atoms with Crippen LogP contribution in [0.1, 0.15) is 68.2 Å². The SMILES string of the molecule is CCCc1c(C(=O)N2CCC(C)(CN)C2)nnn1-c1cccc(C(C)C)c1.